The second-order valence-corrected chi connectivity index (χ2v) is 5.69. The maximum Gasteiger partial charge on any atom is 0.237 e. The molecule has 2 heterocycles. The Hall–Kier alpha value is -1.43. The summed E-state index contributed by atoms with van der Waals surface area (Å²) in [4.78, 5) is 13.6. The van der Waals surface area contributed by atoms with Crippen LogP contribution < -0.4 is 5.32 Å². The van der Waals surface area contributed by atoms with Crippen molar-refractivity contribution in [2.45, 2.75) is 45.7 Å². The zero-order valence-electron chi connectivity index (χ0n) is 11.4. The van der Waals surface area contributed by atoms with Gasteiger partial charge < -0.3 is 9.73 Å². The number of piperazine rings is 1. The zero-order chi connectivity index (χ0) is 13.3. The third kappa shape index (κ3) is 2.69. The molecular weight excluding hydrogens is 232 g/mol. The summed E-state index contributed by atoms with van der Waals surface area (Å²) in [7, 11) is 0. The largest absolute Gasteiger partial charge is 0.423 e. The first-order valence-corrected chi connectivity index (χ1v) is 6.22. The van der Waals surface area contributed by atoms with Crippen LogP contribution in [0.25, 0.3) is 0 Å². The summed E-state index contributed by atoms with van der Waals surface area (Å²) in [5.41, 5.74) is -0.143. The topological polar surface area (TPSA) is 71.3 Å². The fourth-order valence-corrected chi connectivity index (χ4v) is 1.84. The number of hydrogen-bond donors (Lipinski definition) is 1. The van der Waals surface area contributed by atoms with Gasteiger partial charge >= 0.3 is 0 Å². The molecule has 6 heteroatoms. The Morgan fingerprint density at radius 2 is 2.17 bits per heavy atom. The molecule has 0 saturated carbocycles. The van der Waals surface area contributed by atoms with Gasteiger partial charge in [0.25, 0.3) is 0 Å². The van der Waals surface area contributed by atoms with Crippen LogP contribution in [0.2, 0.25) is 0 Å². The number of nitrogens with one attached hydrogen (secondary N) is 1. The second-order valence-electron chi connectivity index (χ2n) is 5.69. The highest BCUT2D eigenvalue weighted by molar-refractivity contribution is 5.81. The maximum absolute atomic E-state index is 11.5. The standard InChI is InChI=1S/C12H20N4O2/c1-8-10(17)13-5-6-16(8)7-9-14-15-11(18-9)12(2,3)4/h8H,5-7H2,1-4H3,(H,13,17)/t8-/m1/s1. The first-order chi connectivity index (χ1) is 8.38. The Balaban J connectivity index is 2.05. The van der Waals surface area contributed by atoms with Crippen molar-refractivity contribution in [2.75, 3.05) is 13.1 Å². The lowest BCUT2D eigenvalue weighted by molar-refractivity contribution is -0.128. The number of carbonyl (C=O) groups excluding carboxylic acids is 1. The van der Waals surface area contributed by atoms with Gasteiger partial charge in [-0.15, -0.1) is 10.2 Å². The van der Waals surface area contributed by atoms with E-state index in [1.54, 1.807) is 0 Å². The van der Waals surface area contributed by atoms with Gasteiger partial charge in [0.15, 0.2) is 0 Å². The number of aromatic nitrogens is 2. The van der Waals surface area contributed by atoms with E-state index in [1.165, 1.54) is 0 Å². The van der Waals surface area contributed by atoms with E-state index in [4.69, 9.17) is 4.42 Å². The molecule has 1 aliphatic heterocycles. The van der Waals surface area contributed by atoms with Crippen molar-refractivity contribution in [3.63, 3.8) is 0 Å². The van der Waals surface area contributed by atoms with Gasteiger partial charge in [-0.25, -0.2) is 0 Å². The van der Waals surface area contributed by atoms with Crippen molar-refractivity contribution < 1.29 is 9.21 Å². The van der Waals surface area contributed by atoms with Crippen molar-refractivity contribution in [2.24, 2.45) is 0 Å². The van der Waals surface area contributed by atoms with Crippen LogP contribution in [0.3, 0.4) is 0 Å². The molecule has 0 spiro atoms. The van der Waals surface area contributed by atoms with Crippen LogP contribution in [0.4, 0.5) is 0 Å². The molecule has 1 fully saturated rings. The first-order valence-electron chi connectivity index (χ1n) is 6.22. The molecule has 1 N–H and O–H groups in total. The highest BCUT2D eigenvalue weighted by Crippen LogP contribution is 2.21. The molecule has 0 bridgehead atoms. The molecule has 6 nitrogen and oxygen atoms in total. The lowest BCUT2D eigenvalue weighted by atomic mass is 9.97. The van der Waals surface area contributed by atoms with Crippen molar-refractivity contribution >= 4 is 5.91 Å². The minimum Gasteiger partial charge on any atom is -0.423 e. The molecule has 18 heavy (non-hydrogen) atoms. The van der Waals surface area contributed by atoms with Gasteiger partial charge in [0.1, 0.15) is 0 Å². The van der Waals surface area contributed by atoms with E-state index >= 15 is 0 Å². The predicted octanol–water partition coefficient (Wildman–Crippen LogP) is 0.687. The molecule has 1 atom stereocenters. The van der Waals surface area contributed by atoms with Crippen molar-refractivity contribution in [1.82, 2.24) is 20.4 Å². The van der Waals surface area contributed by atoms with Gasteiger partial charge in [-0.1, -0.05) is 20.8 Å². The predicted molar refractivity (Wildman–Crippen MR) is 65.9 cm³/mol. The van der Waals surface area contributed by atoms with Gasteiger partial charge in [-0.3, -0.25) is 9.69 Å². The summed E-state index contributed by atoms with van der Waals surface area (Å²) < 4.78 is 5.64. The van der Waals surface area contributed by atoms with E-state index in [0.717, 1.165) is 6.54 Å². The smallest absolute Gasteiger partial charge is 0.237 e. The number of carbonyl (C=O) groups is 1. The summed E-state index contributed by atoms with van der Waals surface area (Å²) in [5, 5.41) is 10.9. The summed E-state index contributed by atoms with van der Waals surface area (Å²) in [6.45, 7) is 9.97. The van der Waals surface area contributed by atoms with E-state index in [-0.39, 0.29) is 17.4 Å². The molecule has 0 radical (unpaired) electrons. The fraction of sp³-hybridized carbons (Fsp3) is 0.750. The van der Waals surface area contributed by atoms with E-state index in [9.17, 15) is 4.79 Å². The minimum absolute atomic E-state index is 0.0526. The Bertz CT molecular complexity index is 436. The van der Waals surface area contributed by atoms with Gasteiger partial charge in [-0.05, 0) is 6.92 Å². The summed E-state index contributed by atoms with van der Waals surface area (Å²) in [5.74, 6) is 1.25. The summed E-state index contributed by atoms with van der Waals surface area (Å²) in [6, 6.07) is -0.149. The van der Waals surface area contributed by atoms with Crippen LogP contribution in [0.15, 0.2) is 4.42 Å². The second kappa shape index (κ2) is 4.68. The Kier molecular flexibility index (Phi) is 3.38. The minimum atomic E-state index is -0.149. The average Bonchev–Trinajstić information content (AvgIpc) is 2.73. The van der Waals surface area contributed by atoms with Gasteiger partial charge in [-0.2, -0.15) is 0 Å². The van der Waals surface area contributed by atoms with Crippen molar-refractivity contribution in [1.29, 1.82) is 0 Å². The van der Waals surface area contributed by atoms with Gasteiger partial charge in [0, 0.05) is 18.5 Å². The van der Waals surface area contributed by atoms with E-state index in [0.29, 0.717) is 24.9 Å². The van der Waals surface area contributed by atoms with E-state index < -0.39 is 0 Å². The summed E-state index contributed by atoms with van der Waals surface area (Å²) in [6.07, 6.45) is 0. The molecule has 1 aliphatic rings. The van der Waals surface area contributed by atoms with Crippen LogP contribution >= 0.6 is 0 Å². The first kappa shape index (κ1) is 13.0. The van der Waals surface area contributed by atoms with Crippen molar-refractivity contribution in [3.05, 3.63) is 11.8 Å². The molecule has 2 rings (SSSR count). The van der Waals surface area contributed by atoms with E-state index in [2.05, 4.69) is 15.5 Å². The molecule has 1 saturated heterocycles. The van der Waals surface area contributed by atoms with Crippen molar-refractivity contribution in [3.8, 4) is 0 Å². The van der Waals surface area contributed by atoms with E-state index in [1.807, 2.05) is 32.6 Å². The Labute approximate surface area is 107 Å². The Morgan fingerprint density at radius 3 is 2.78 bits per heavy atom. The molecule has 0 aliphatic carbocycles. The number of rotatable bonds is 2. The lowest BCUT2D eigenvalue weighted by Gasteiger charge is -2.31. The quantitative estimate of drug-likeness (QED) is 0.838. The van der Waals surface area contributed by atoms with Crippen LogP contribution in [0.5, 0.6) is 0 Å². The molecule has 1 aromatic rings. The highest BCUT2D eigenvalue weighted by Gasteiger charge is 2.28. The molecular formula is C12H20N4O2. The molecule has 1 amide bonds. The number of amides is 1. The number of nitrogens with zero attached hydrogens (tertiary/aromatic N) is 3. The average molecular weight is 252 g/mol. The monoisotopic (exact) mass is 252 g/mol. The number of hydrogen-bond acceptors (Lipinski definition) is 5. The van der Waals surface area contributed by atoms with Gasteiger partial charge in [0.05, 0.1) is 12.6 Å². The van der Waals surface area contributed by atoms with Gasteiger partial charge in [0.2, 0.25) is 17.7 Å². The van der Waals surface area contributed by atoms with Crippen LogP contribution in [-0.4, -0.2) is 40.1 Å². The molecule has 1 aromatic heterocycles. The SMILES string of the molecule is C[C@@H]1C(=O)NCCN1Cc1nnc(C(C)(C)C)o1. The Morgan fingerprint density at radius 1 is 1.44 bits per heavy atom. The van der Waals surface area contributed by atoms with Crippen LogP contribution in [0.1, 0.15) is 39.5 Å². The molecule has 100 valence electrons. The third-order valence-corrected chi connectivity index (χ3v) is 3.07. The zero-order valence-corrected chi connectivity index (χ0v) is 11.4. The maximum atomic E-state index is 11.5. The highest BCUT2D eigenvalue weighted by atomic mass is 16.4. The lowest BCUT2D eigenvalue weighted by Crippen LogP contribution is -2.53. The van der Waals surface area contributed by atoms with Crippen LogP contribution in [-0.2, 0) is 16.8 Å². The molecule has 0 aromatic carbocycles. The summed E-state index contributed by atoms with van der Waals surface area (Å²) >= 11 is 0. The molecule has 0 unspecified atom stereocenters. The third-order valence-electron chi connectivity index (χ3n) is 3.07. The fourth-order valence-electron chi connectivity index (χ4n) is 1.84. The van der Waals surface area contributed by atoms with Crippen LogP contribution in [0, 0.1) is 0 Å². The normalized spacial score (nSPS) is 22.0.